The van der Waals surface area contributed by atoms with Crippen LogP contribution in [0.2, 0.25) is 0 Å². The maximum atomic E-state index is 6.63. The van der Waals surface area contributed by atoms with Crippen molar-refractivity contribution >= 4 is 0 Å². The Labute approximate surface area is 140 Å². The normalized spacial score (nSPS) is 16.5. The molecule has 0 bridgehead atoms. The molecular formula is C21H42O. The molecule has 0 amide bonds. The molecule has 0 saturated carbocycles. The summed E-state index contributed by atoms with van der Waals surface area (Å²) in [6.45, 7) is 20.4. The molecule has 0 aliphatic heterocycles. The van der Waals surface area contributed by atoms with Crippen molar-refractivity contribution in [1.29, 1.82) is 0 Å². The molecule has 1 heteroatoms. The molecule has 0 spiro atoms. The Bertz CT molecular complexity index is 325. The molecule has 132 valence electrons. The molecule has 0 heterocycles. The fourth-order valence-corrected chi connectivity index (χ4v) is 2.92. The predicted molar refractivity (Wildman–Crippen MR) is 100 cm³/mol. The van der Waals surface area contributed by atoms with Crippen LogP contribution in [0.25, 0.3) is 0 Å². The van der Waals surface area contributed by atoms with Crippen molar-refractivity contribution in [3.05, 3.63) is 12.2 Å². The van der Waals surface area contributed by atoms with Gasteiger partial charge in [0.1, 0.15) is 0 Å². The Morgan fingerprint density at radius 1 is 0.955 bits per heavy atom. The second kappa shape index (κ2) is 9.11. The minimum absolute atomic E-state index is 0.0775. The number of unbranched alkanes of at least 4 members (excludes halogenated alkanes) is 3. The average molecular weight is 311 g/mol. The third-order valence-electron chi connectivity index (χ3n) is 5.98. The van der Waals surface area contributed by atoms with Crippen LogP contribution >= 0.6 is 0 Å². The first-order valence-electron chi connectivity index (χ1n) is 9.33. The van der Waals surface area contributed by atoms with Gasteiger partial charge in [-0.25, -0.2) is 0 Å². The molecule has 0 aromatic carbocycles. The van der Waals surface area contributed by atoms with Crippen molar-refractivity contribution in [3.63, 3.8) is 0 Å². The van der Waals surface area contributed by atoms with E-state index in [1.807, 2.05) is 0 Å². The summed E-state index contributed by atoms with van der Waals surface area (Å²) in [4.78, 5) is 0. The third kappa shape index (κ3) is 6.44. The molecule has 1 nitrogen and oxygen atoms in total. The van der Waals surface area contributed by atoms with Crippen molar-refractivity contribution in [1.82, 2.24) is 0 Å². The predicted octanol–water partition coefficient (Wildman–Crippen LogP) is 7.16. The lowest BCUT2D eigenvalue weighted by atomic mass is 9.69. The van der Waals surface area contributed by atoms with Crippen molar-refractivity contribution in [3.8, 4) is 0 Å². The van der Waals surface area contributed by atoms with Gasteiger partial charge >= 0.3 is 0 Å². The number of rotatable bonds is 11. The monoisotopic (exact) mass is 310 g/mol. The van der Waals surface area contributed by atoms with Crippen LogP contribution in [0, 0.1) is 11.3 Å². The zero-order valence-corrected chi connectivity index (χ0v) is 16.9. The van der Waals surface area contributed by atoms with E-state index in [4.69, 9.17) is 4.74 Å². The molecule has 0 aromatic rings. The first kappa shape index (κ1) is 21.7. The van der Waals surface area contributed by atoms with E-state index in [-0.39, 0.29) is 16.6 Å². The molecular weight excluding hydrogens is 268 g/mol. The molecule has 0 rings (SSSR count). The fourth-order valence-electron chi connectivity index (χ4n) is 2.92. The van der Waals surface area contributed by atoms with Gasteiger partial charge in [0.15, 0.2) is 0 Å². The first-order chi connectivity index (χ1) is 10.0. The fraction of sp³-hybridized carbons (Fsp3) is 0.905. The van der Waals surface area contributed by atoms with Crippen LogP contribution < -0.4 is 0 Å². The minimum atomic E-state index is -0.0984. The summed E-state index contributed by atoms with van der Waals surface area (Å²) in [6.07, 6.45) is 12.0. The topological polar surface area (TPSA) is 9.23 Å². The molecule has 0 N–H and O–H groups in total. The van der Waals surface area contributed by atoms with Gasteiger partial charge in [-0.1, -0.05) is 52.7 Å². The highest BCUT2D eigenvalue weighted by Crippen LogP contribution is 2.44. The van der Waals surface area contributed by atoms with Gasteiger partial charge in [-0.05, 0) is 71.6 Å². The van der Waals surface area contributed by atoms with Crippen molar-refractivity contribution in [2.75, 3.05) is 0 Å². The van der Waals surface area contributed by atoms with Gasteiger partial charge in [0.25, 0.3) is 0 Å². The zero-order chi connectivity index (χ0) is 17.4. The molecule has 0 aliphatic carbocycles. The number of hydrogen-bond donors (Lipinski definition) is 0. The minimum Gasteiger partial charge on any atom is -0.369 e. The van der Waals surface area contributed by atoms with E-state index in [0.29, 0.717) is 5.92 Å². The summed E-state index contributed by atoms with van der Waals surface area (Å²) in [5, 5.41) is 0. The molecule has 0 aliphatic rings. The third-order valence-corrected chi connectivity index (χ3v) is 5.98. The zero-order valence-electron chi connectivity index (χ0n) is 16.9. The lowest BCUT2D eigenvalue weighted by Gasteiger charge is -2.49. The Morgan fingerprint density at radius 2 is 1.55 bits per heavy atom. The van der Waals surface area contributed by atoms with Crippen LogP contribution in [0.4, 0.5) is 0 Å². The quantitative estimate of drug-likeness (QED) is 0.290. The van der Waals surface area contributed by atoms with Gasteiger partial charge in [0.2, 0.25) is 0 Å². The van der Waals surface area contributed by atoms with Gasteiger partial charge in [-0.3, -0.25) is 0 Å². The molecule has 0 saturated heterocycles. The SMILES string of the molecule is C/C=C/CCCCCC(C)(CC)C(C)(C)OC(C)(C)C(C)C. The van der Waals surface area contributed by atoms with Gasteiger partial charge in [0, 0.05) is 0 Å². The molecule has 0 radical (unpaired) electrons. The molecule has 22 heavy (non-hydrogen) atoms. The number of ether oxygens (including phenoxy) is 1. The number of hydrogen-bond acceptors (Lipinski definition) is 1. The smallest absolute Gasteiger partial charge is 0.0687 e. The van der Waals surface area contributed by atoms with Crippen molar-refractivity contribution in [2.24, 2.45) is 11.3 Å². The van der Waals surface area contributed by atoms with Crippen LogP contribution in [-0.2, 0) is 4.74 Å². The van der Waals surface area contributed by atoms with Crippen LogP contribution in [0.15, 0.2) is 12.2 Å². The standard InChI is InChI=1S/C21H42O/c1-10-12-13-14-15-16-17-21(9,11-2)20(7,8)22-19(5,6)18(3)4/h10,12,18H,11,13-17H2,1-9H3/b12-10+. The van der Waals surface area contributed by atoms with Gasteiger partial charge in [-0.2, -0.15) is 0 Å². The molecule has 0 aromatic heterocycles. The first-order valence-corrected chi connectivity index (χ1v) is 9.33. The highest BCUT2D eigenvalue weighted by Gasteiger charge is 2.44. The second-order valence-electron chi connectivity index (χ2n) is 8.45. The van der Waals surface area contributed by atoms with Crippen LogP contribution in [-0.4, -0.2) is 11.2 Å². The summed E-state index contributed by atoms with van der Waals surface area (Å²) in [5.41, 5.74) is 0.0600. The lowest BCUT2D eigenvalue weighted by molar-refractivity contribution is -0.197. The van der Waals surface area contributed by atoms with E-state index in [0.717, 1.165) is 0 Å². The summed E-state index contributed by atoms with van der Waals surface area (Å²) >= 11 is 0. The number of allylic oxidation sites excluding steroid dienone is 2. The van der Waals surface area contributed by atoms with E-state index >= 15 is 0 Å². The average Bonchev–Trinajstić information content (AvgIpc) is 2.40. The summed E-state index contributed by atoms with van der Waals surface area (Å²) in [7, 11) is 0. The molecule has 1 unspecified atom stereocenters. The lowest BCUT2D eigenvalue weighted by Crippen LogP contribution is -2.50. The second-order valence-corrected chi connectivity index (χ2v) is 8.45. The van der Waals surface area contributed by atoms with Gasteiger partial charge < -0.3 is 4.74 Å². The van der Waals surface area contributed by atoms with E-state index in [2.05, 4.69) is 74.5 Å². The Kier molecular flexibility index (Phi) is 8.98. The van der Waals surface area contributed by atoms with Crippen molar-refractivity contribution in [2.45, 2.75) is 112 Å². The van der Waals surface area contributed by atoms with E-state index < -0.39 is 0 Å². The van der Waals surface area contributed by atoms with Crippen LogP contribution in [0.3, 0.4) is 0 Å². The van der Waals surface area contributed by atoms with Gasteiger partial charge in [0.05, 0.1) is 11.2 Å². The van der Waals surface area contributed by atoms with Crippen molar-refractivity contribution < 1.29 is 4.74 Å². The van der Waals surface area contributed by atoms with Gasteiger partial charge in [-0.15, -0.1) is 0 Å². The van der Waals surface area contributed by atoms with E-state index in [1.54, 1.807) is 0 Å². The van der Waals surface area contributed by atoms with E-state index in [9.17, 15) is 0 Å². The molecule has 1 atom stereocenters. The van der Waals surface area contributed by atoms with Crippen LogP contribution in [0.1, 0.15) is 101 Å². The Morgan fingerprint density at radius 3 is 2.00 bits per heavy atom. The summed E-state index contributed by atoms with van der Waals surface area (Å²) in [5.74, 6) is 0.522. The largest absolute Gasteiger partial charge is 0.369 e. The summed E-state index contributed by atoms with van der Waals surface area (Å²) < 4.78 is 6.63. The maximum Gasteiger partial charge on any atom is 0.0687 e. The maximum absolute atomic E-state index is 6.63. The van der Waals surface area contributed by atoms with Crippen LogP contribution in [0.5, 0.6) is 0 Å². The highest BCUT2D eigenvalue weighted by atomic mass is 16.5. The summed E-state index contributed by atoms with van der Waals surface area (Å²) in [6, 6.07) is 0. The highest BCUT2D eigenvalue weighted by molar-refractivity contribution is 4.93. The molecule has 0 fully saturated rings. The Balaban J connectivity index is 4.67. The van der Waals surface area contributed by atoms with E-state index in [1.165, 1.54) is 38.5 Å². The Hall–Kier alpha value is -0.300.